The second-order valence-electron chi connectivity index (χ2n) is 6.19. The second-order valence-corrected chi connectivity index (χ2v) is 9.27. The molecule has 26 heavy (non-hydrogen) atoms. The number of aromatic amines is 1. The first-order chi connectivity index (χ1) is 11.7. The Kier molecular flexibility index (Phi) is 8.49. The summed E-state index contributed by atoms with van der Waals surface area (Å²) in [6, 6.07) is 5.25. The summed E-state index contributed by atoms with van der Waals surface area (Å²) in [6.45, 7) is 4.98. The SMILES string of the molecule is CCc1cc(-c2ccc(S(=O)(=O)NCCCN(C)C)s2)c(C)[nH]c1=O.Cl. The fourth-order valence-electron chi connectivity index (χ4n) is 2.47. The van der Waals surface area contributed by atoms with E-state index in [2.05, 4.69) is 9.71 Å². The topological polar surface area (TPSA) is 82.3 Å². The Morgan fingerprint density at radius 2 is 1.96 bits per heavy atom. The molecule has 0 aliphatic heterocycles. The highest BCUT2D eigenvalue weighted by Crippen LogP contribution is 2.32. The van der Waals surface area contributed by atoms with Crippen molar-refractivity contribution in [3.8, 4) is 10.4 Å². The van der Waals surface area contributed by atoms with Gasteiger partial charge in [0.15, 0.2) is 0 Å². The maximum Gasteiger partial charge on any atom is 0.251 e. The molecule has 0 radical (unpaired) electrons. The van der Waals surface area contributed by atoms with Crippen molar-refractivity contribution in [3.63, 3.8) is 0 Å². The van der Waals surface area contributed by atoms with E-state index in [1.807, 2.05) is 38.9 Å². The van der Waals surface area contributed by atoms with Crippen LogP contribution in [0, 0.1) is 6.92 Å². The molecular weight excluding hydrogens is 394 g/mol. The monoisotopic (exact) mass is 419 g/mol. The van der Waals surface area contributed by atoms with Gasteiger partial charge >= 0.3 is 0 Å². The van der Waals surface area contributed by atoms with Crippen LogP contribution in [0.1, 0.15) is 24.6 Å². The predicted octanol–water partition coefficient (Wildman–Crippen LogP) is 2.63. The average molecular weight is 420 g/mol. The van der Waals surface area contributed by atoms with Gasteiger partial charge in [-0.1, -0.05) is 6.92 Å². The number of pyridine rings is 1. The van der Waals surface area contributed by atoms with Crippen LogP contribution in [0.2, 0.25) is 0 Å². The van der Waals surface area contributed by atoms with E-state index in [9.17, 15) is 13.2 Å². The molecule has 0 atom stereocenters. The van der Waals surface area contributed by atoms with Crippen molar-refractivity contribution in [1.29, 1.82) is 0 Å². The normalized spacial score (nSPS) is 11.6. The zero-order valence-corrected chi connectivity index (χ0v) is 17.9. The van der Waals surface area contributed by atoms with E-state index in [1.54, 1.807) is 12.1 Å². The molecular formula is C17H26ClN3O3S2. The minimum absolute atomic E-state index is 0. The highest BCUT2D eigenvalue weighted by Gasteiger charge is 2.18. The number of aromatic nitrogens is 1. The molecule has 0 fully saturated rings. The van der Waals surface area contributed by atoms with Crippen molar-refractivity contribution in [2.45, 2.75) is 30.9 Å². The van der Waals surface area contributed by atoms with Gasteiger partial charge in [0.05, 0.1) is 0 Å². The lowest BCUT2D eigenvalue weighted by Crippen LogP contribution is -2.26. The summed E-state index contributed by atoms with van der Waals surface area (Å²) in [6.07, 6.45) is 1.38. The smallest absolute Gasteiger partial charge is 0.251 e. The fourth-order valence-corrected chi connectivity index (χ4v) is 4.97. The first-order valence-corrected chi connectivity index (χ1v) is 10.5. The van der Waals surface area contributed by atoms with Crippen LogP contribution in [0.15, 0.2) is 27.2 Å². The van der Waals surface area contributed by atoms with Crippen LogP contribution in [0.5, 0.6) is 0 Å². The minimum atomic E-state index is -3.50. The number of hydrogen-bond acceptors (Lipinski definition) is 5. The molecule has 6 nitrogen and oxygen atoms in total. The molecule has 0 saturated heterocycles. The molecule has 9 heteroatoms. The van der Waals surface area contributed by atoms with E-state index in [-0.39, 0.29) is 22.2 Å². The summed E-state index contributed by atoms with van der Waals surface area (Å²) in [5.74, 6) is 0. The minimum Gasteiger partial charge on any atom is -0.326 e. The largest absolute Gasteiger partial charge is 0.326 e. The van der Waals surface area contributed by atoms with E-state index in [4.69, 9.17) is 0 Å². The molecule has 2 aromatic heterocycles. The van der Waals surface area contributed by atoms with Crippen molar-refractivity contribution in [3.05, 3.63) is 39.8 Å². The first-order valence-electron chi connectivity index (χ1n) is 8.22. The predicted molar refractivity (Wildman–Crippen MR) is 110 cm³/mol. The van der Waals surface area contributed by atoms with Gasteiger partial charge < -0.3 is 9.88 Å². The van der Waals surface area contributed by atoms with E-state index in [0.29, 0.717) is 18.5 Å². The van der Waals surface area contributed by atoms with Crippen molar-refractivity contribution in [2.24, 2.45) is 0 Å². The van der Waals surface area contributed by atoms with Crippen LogP contribution in [0.25, 0.3) is 10.4 Å². The number of nitrogens with zero attached hydrogens (tertiary/aromatic N) is 1. The van der Waals surface area contributed by atoms with Crippen LogP contribution in [0.3, 0.4) is 0 Å². The number of thiophene rings is 1. The van der Waals surface area contributed by atoms with Crippen LogP contribution < -0.4 is 10.3 Å². The van der Waals surface area contributed by atoms with Gasteiger partial charge in [-0.15, -0.1) is 23.7 Å². The Morgan fingerprint density at radius 1 is 1.27 bits per heavy atom. The summed E-state index contributed by atoms with van der Waals surface area (Å²) in [5, 5.41) is 0. The van der Waals surface area contributed by atoms with Gasteiger partial charge in [0.25, 0.3) is 5.56 Å². The van der Waals surface area contributed by atoms with E-state index in [0.717, 1.165) is 29.1 Å². The molecule has 2 aromatic rings. The quantitative estimate of drug-likeness (QED) is 0.644. The fraction of sp³-hybridized carbons (Fsp3) is 0.471. The zero-order valence-electron chi connectivity index (χ0n) is 15.5. The van der Waals surface area contributed by atoms with Gasteiger partial charge in [-0.25, -0.2) is 13.1 Å². The number of sulfonamides is 1. The third kappa shape index (κ3) is 5.65. The van der Waals surface area contributed by atoms with Crippen LogP contribution in [-0.2, 0) is 16.4 Å². The second kappa shape index (κ2) is 9.66. The van der Waals surface area contributed by atoms with E-state index in [1.165, 1.54) is 11.3 Å². The average Bonchev–Trinajstić information content (AvgIpc) is 3.02. The molecule has 0 saturated carbocycles. The van der Waals surface area contributed by atoms with Gasteiger partial charge in [-0.05, 0) is 58.6 Å². The maximum absolute atomic E-state index is 12.4. The van der Waals surface area contributed by atoms with Crippen molar-refractivity contribution >= 4 is 33.8 Å². The number of halogens is 1. The summed E-state index contributed by atoms with van der Waals surface area (Å²) >= 11 is 1.21. The Bertz CT molecular complexity index is 889. The highest BCUT2D eigenvalue weighted by molar-refractivity contribution is 7.91. The van der Waals surface area contributed by atoms with Gasteiger partial charge in [-0.2, -0.15) is 0 Å². The van der Waals surface area contributed by atoms with Crippen molar-refractivity contribution < 1.29 is 8.42 Å². The Hall–Kier alpha value is -1.19. The molecule has 0 amide bonds. The third-order valence-corrected chi connectivity index (χ3v) is 6.95. The standard InChI is InChI=1S/C17H25N3O3S2.ClH/c1-5-13-11-14(12(2)19-17(13)21)15-7-8-16(24-15)25(22,23)18-9-6-10-20(3)4;/h7-8,11,18H,5-6,9-10H2,1-4H3,(H,19,21);1H. The lowest BCUT2D eigenvalue weighted by Gasteiger charge is -2.09. The van der Waals surface area contributed by atoms with Gasteiger partial charge in [0.1, 0.15) is 4.21 Å². The van der Waals surface area contributed by atoms with Gasteiger partial charge in [0, 0.05) is 28.2 Å². The Balaban J connectivity index is 0.00000338. The summed E-state index contributed by atoms with van der Waals surface area (Å²) in [4.78, 5) is 17.5. The third-order valence-electron chi connectivity index (χ3n) is 3.88. The van der Waals surface area contributed by atoms with Gasteiger partial charge in [-0.3, -0.25) is 4.79 Å². The molecule has 146 valence electrons. The number of hydrogen-bond donors (Lipinski definition) is 2. The molecule has 2 N–H and O–H groups in total. The first kappa shape index (κ1) is 22.9. The molecule has 0 unspecified atom stereocenters. The summed E-state index contributed by atoms with van der Waals surface area (Å²) in [7, 11) is 0.407. The zero-order chi connectivity index (χ0) is 18.6. The van der Waals surface area contributed by atoms with E-state index < -0.39 is 10.0 Å². The molecule has 0 spiro atoms. The summed E-state index contributed by atoms with van der Waals surface area (Å²) in [5.41, 5.74) is 2.22. The number of nitrogens with one attached hydrogen (secondary N) is 2. The lowest BCUT2D eigenvalue weighted by molar-refractivity contribution is 0.400. The molecule has 0 aliphatic rings. The molecule has 0 aromatic carbocycles. The Labute approximate surface area is 165 Å². The van der Waals surface area contributed by atoms with Crippen LogP contribution >= 0.6 is 23.7 Å². The lowest BCUT2D eigenvalue weighted by atomic mass is 10.1. The highest BCUT2D eigenvalue weighted by atomic mass is 35.5. The number of rotatable bonds is 8. The number of H-pyrrole nitrogens is 1. The number of aryl methyl sites for hydroxylation is 2. The van der Waals surface area contributed by atoms with Crippen LogP contribution in [-0.4, -0.2) is 45.5 Å². The maximum atomic E-state index is 12.4. The molecule has 0 aliphatic carbocycles. The van der Waals surface area contributed by atoms with Crippen molar-refractivity contribution in [1.82, 2.24) is 14.6 Å². The van der Waals surface area contributed by atoms with E-state index >= 15 is 0 Å². The molecule has 0 bridgehead atoms. The van der Waals surface area contributed by atoms with Gasteiger partial charge in [0.2, 0.25) is 10.0 Å². The molecule has 2 rings (SSSR count). The molecule has 2 heterocycles. The van der Waals surface area contributed by atoms with Crippen LogP contribution in [0.4, 0.5) is 0 Å². The Morgan fingerprint density at radius 3 is 2.58 bits per heavy atom. The summed E-state index contributed by atoms with van der Waals surface area (Å²) < 4.78 is 27.8. The van der Waals surface area contributed by atoms with Crippen molar-refractivity contribution in [2.75, 3.05) is 27.2 Å².